The number of ether oxygens (including phenoxy) is 2. The normalized spacial score (nSPS) is 18.7. The van der Waals surface area contributed by atoms with Crippen LogP contribution < -0.4 is 9.47 Å². The van der Waals surface area contributed by atoms with E-state index in [2.05, 4.69) is 42.2 Å². The van der Waals surface area contributed by atoms with Gasteiger partial charge in [-0.15, -0.1) is 0 Å². The molecule has 4 rings (SSSR count). The molecule has 126 valence electrons. The van der Waals surface area contributed by atoms with E-state index in [9.17, 15) is 0 Å². The predicted molar refractivity (Wildman–Crippen MR) is 97.0 cm³/mol. The molecular weight excluding hydrogens is 298 g/mol. The van der Waals surface area contributed by atoms with Gasteiger partial charge in [0.2, 0.25) is 0 Å². The zero-order chi connectivity index (χ0) is 16.7. The Kier molecular flexibility index (Phi) is 3.97. The Bertz CT molecular complexity index is 769. The lowest BCUT2D eigenvalue weighted by atomic mass is 9.76. The topological polar surface area (TPSA) is 21.7 Å². The fourth-order valence-corrected chi connectivity index (χ4v) is 4.43. The summed E-state index contributed by atoms with van der Waals surface area (Å²) in [5.41, 5.74) is 6.87. The van der Waals surface area contributed by atoms with Gasteiger partial charge in [0.1, 0.15) is 11.5 Å². The first kappa shape index (κ1) is 15.5. The molecule has 3 nitrogen and oxygen atoms in total. The minimum atomic E-state index is 0.481. The molecule has 0 aromatic heterocycles. The van der Waals surface area contributed by atoms with E-state index < -0.39 is 0 Å². The number of nitrogens with zero attached hydrogens (tertiary/aromatic N) is 1. The third-order valence-electron chi connectivity index (χ3n) is 5.44. The summed E-state index contributed by atoms with van der Waals surface area (Å²) in [4.78, 5) is 2.65. The van der Waals surface area contributed by atoms with Gasteiger partial charge in [0.05, 0.1) is 14.2 Å². The van der Waals surface area contributed by atoms with Crippen LogP contribution in [0.2, 0.25) is 0 Å². The van der Waals surface area contributed by atoms with Gasteiger partial charge in [0.15, 0.2) is 0 Å². The summed E-state index contributed by atoms with van der Waals surface area (Å²) in [5.74, 6) is 1.92. The van der Waals surface area contributed by atoms with E-state index in [0.29, 0.717) is 6.04 Å². The first-order valence-electron chi connectivity index (χ1n) is 8.88. The Labute approximate surface area is 144 Å². The van der Waals surface area contributed by atoms with Crippen LogP contribution in [0.5, 0.6) is 11.5 Å². The lowest BCUT2D eigenvalue weighted by molar-refractivity contribution is 0.182. The van der Waals surface area contributed by atoms with Crippen LogP contribution in [0.3, 0.4) is 0 Å². The minimum absolute atomic E-state index is 0.481. The van der Waals surface area contributed by atoms with Gasteiger partial charge < -0.3 is 9.47 Å². The van der Waals surface area contributed by atoms with Crippen molar-refractivity contribution in [3.63, 3.8) is 0 Å². The Hall–Kier alpha value is -2.00. The lowest BCUT2D eigenvalue weighted by Crippen LogP contribution is -2.38. The van der Waals surface area contributed by atoms with Crippen molar-refractivity contribution in [3.8, 4) is 22.6 Å². The number of benzene rings is 2. The number of rotatable bonds is 4. The molecule has 1 aliphatic heterocycles. The third-order valence-corrected chi connectivity index (χ3v) is 5.44. The van der Waals surface area contributed by atoms with Gasteiger partial charge in [-0.3, -0.25) is 4.90 Å². The van der Waals surface area contributed by atoms with Gasteiger partial charge in [-0.05, 0) is 66.3 Å². The Morgan fingerprint density at radius 1 is 1.12 bits per heavy atom. The molecule has 0 spiro atoms. The summed E-state index contributed by atoms with van der Waals surface area (Å²) in [6.45, 7) is 4.57. The van der Waals surface area contributed by atoms with E-state index in [-0.39, 0.29) is 0 Å². The molecule has 0 amide bonds. The summed E-state index contributed by atoms with van der Waals surface area (Å²) >= 11 is 0. The third kappa shape index (κ3) is 2.30. The molecule has 0 fully saturated rings. The second-order valence-corrected chi connectivity index (χ2v) is 6.75. The number of hydrogen-bond acceptors (Lipinski definition) is 3. The average Bonchev–Trinajstić information content (AvgIpc) is 2.63. The standard InChI is InChI=1S/C21H25NO2/c1-4-9-22-10-8-15-11-16(23-2)13-17-20(15)18(22)12-14-6-5-7-19(24-3)21(14)17/h5-7,11,13,18H,4,8-10,12H2,1-3H3/t18-/m1/s1. The predicted octanol–water partition coefficient (Wildman–Crippen LogP) is 4.24. The molecule has 0 unspecified atom stereocenters. The first-order chi connectivity index (χ1) is 11.8. The highest BCUT2D eigenvalue weighted by molar-refractivity contribution is 5.81. The summed E-state index contributed by atoms with van der Waals surface area (Å²) in [5, 5.41) is 0. The van der Waals surface area contributed by atoms with Crippen LogP contribution in [0.4, 0.5) is 0 Å². The molecule has 1 atom stereocenters. The van der Waals surface area contributed by atoms with Crippen molar-refractivity contribution in [2.24, 2.45) is 0 Å². The van der Waals surface area contributed by atoms with Crippen LogP contribution in [-0.4, -0.2) is 32.2 Å². The van der Waals surface area contributed by atoms with Crippen molar-refractivity contribution in [3.05, 3.63) is 47.0 Å². The Balaban J connectivity index is 1.96. The number of fused-ring (bicyclic) bond motifs is 2. The second kappa shape index (κ2) is 6.14. The monoisotopic (exact) mass is 323 g/mol. The molecule has 0 N–H and O–H groups in total. The van der Waals surface area contributed by atoms with Crippen LogP contribution in [0.1, 0.15) is 36.1 Å². The first-order valence-corrected chi connectivity index (χ1v) is 8.88. The molecule has 0 saturated carbocycles. The van der Waals surface area contributed by atoms with Crippen molar-refractivity contribution in [2.75, 3.05) is 27.3 Å². The van der Waals surface area contributed by atoms with Gasteiger partial charge in [0.25, 0.3) is 0 Å². The molecule has 1 aliphatic carbocycles. The fourth-order valence-electron chi connectivity index (χ4n) is 4.43. The zero-order valence-electron chi connectivity index (χ0n) is 14.8. The quantitative estimate of drug-likeness (QED) is 0.840. The van der Waals surface area contributed by atoms with E-state index in [1.165, 1.54) is 34.2 Å². The molecular formula is C21H25NO2. The van der Waals surface area contributed by atoms with Crippen LogP contribution >= 0.6 is 0 Å². The molecule has 0 bridgehead atoms. The second-order valence-electron chi connectivity index (χ2n) is 6.75. The molecule has 1 heterocycles. The van der Waals surface area contributed by atoms with E-state index in [1.54, 1.807) is 14.2 Å². The van der Waals surface area contributed by atoms with E-state index in [1.807, 2.05) is 0 Å². The minimum Gasteiger partial charge on any atom is -0.497 e. The van der Waals surface area contributed by atoms with E-state index >= 15 is 0 Å². The van der Waals surface area contributed by atoms with Crippen molar-refractivity contribution < 1.29 is 9.47 Å². The average molecular weight is 323 g/mol. The lowest BCUT2D eigenvalue weighted by Gasteiger charge is -2.42. The Morgan fingerprint density at radius 2 is 2.00 bits per heavy atom. The van der Waals surface area contributed by atoms with E-state index in [4.69, 9.17) is 9.47 Å². The summed E-state index contributed by atoms with van der Waals surface area (Å²) in [7, 11) is 3.52. The number of methoxy groups -OCH3 is 2. The van der Waals surface area contributed by atoms with Gasteiger partial charge in [-0.1, -0.05) is 19.1 Å². The molecule has 0 saturated heterocycles. The fraction of sp³-hybridized carbons (Fsp3) is 0.429. The van der Waals surface area contributed by atoms with Gasteiger partial charge in [-0.2, -0.15) is 0 Å². The van der Waals surface area contributed by atoms with E-state index in [0.717, 1.165) is 37.4 Å². The Morgan fingerprint density at radius 3 is 2.75 bits per heavy atom. The van der Waals surface area contributed by atoms with Gasteiger partial charge in [0, 0.05) is 18.2 Å². The summed E-state index contributed by atoms with van der Waals surface area (Å²) < 4.78 is 11.3. The van der Waals surface area contributed by atoms with Crippen LogP contribution in [0.15, 0.2) is 30.3 Å². The molecule has 3 heteroatoms. The zero-order valence-corrected chi connectivity index (χ0v) is 14.8. The maximum atomic E-state index is 5.69. The highest BCUT2D eigenvalue weighted by atomic mass is 16.5. The summed E-state index contributed by atoms with van der Waals surface area (Å²) in [6, 6.07) is 11.3. The maximum Gasteiger partial charge on any atom is 0.126 e. The van der Waals surface area contributed by atoms with Crippen LogP contribution in [0, 0.1) is 0 Å². The summed E-state index contributed by atoms with van der Waals surface area (Å²) in [6.07, 6.45) is 3.36. The van der Waals surface area contributed by atoms with Crippen LogP contribution in [-0.2, 0) is 12.8 Å². The van der Waals surface area contributed by atoms with Crippen LogP contribution in [0.25, 0.3) is 11.1 Å². The number of hydrogen-bond donors (Lipinski definition) is 0. The molecule has 2 aliphatic rings. The molecule has 2 aromatic carbocycles. The molecule has 0 radical (unpaired) electrons. The maximum absolute atomic E-state index is 5.69. The SMILES string of the molecule is CCCN1CCc2cc(OC)cc3c2[C@H]1Cc1cccc(OC)c1-3. The van der Waals surface area contributed by atoms with Gasteiger partial charge >= 0.3 is 0 Å². The molecule has 24 heavy (non-hydrogen) atoms. The van der Waals surface area contributed by atoms with Crippen molar-refractivity contribution in [1.29, 1.82) is 0 Å². The van der Waals surface area contributed by atoms with Gasteiger partial charge in [-0.25, -0.2) is 0 Å². The van der Waals surface area contributed by atoms with Crippen molar-refractivity contribution in [2.45, 2.75) is 32.2 Å². The highest BCUT2D eigenvalue weighted by Crippen LogP contribution is 2.49. The highest BCUT2D eigenvalue weighted by Gasteiger charge is 2.35. The smallest absolute Gasteiger partial charge is 0.126 e. The van der Waals surface area contributed by atoms with Crippen molar-refractivity contribution >= 4 is 0 Å². The molecule has 2 aromatic rings. The largest absolute Gasteiger partial charge is 0.497 e. The van der Waals surface area contributed by atoms with Crippen molar-refractivity contribution in [1.82, 2.24) is 4.90 Å².